The molecule has 0 aromatic heterocycles. The van der Waals surface area contributed by atoms with E-state index in [9.17, 15) is 5.11 Å². The summed E-state index contributed by atoms with van der Waals surface area (Å²) in [6.07, 6.45) is 2.50. The van der Waals surface area contributed by atoms with E-state index in [1.54, 1.807) is 0 Å². The maximum atomic E-state index is 9.36. The minimum absolute atomic E-state index is 0.621. The van der Waals surface area contributed by atoms with Gasteiger partial charge in [-0.3, -0.25) is 0 Å². The van der Waals surface area contributed by atoms with E-state index >= 15 is 0 Å². The molecule has 0 aromatic rings. The summed E-state index contributed by atoms with van der Waals surface area (Å²) in [5.74, 6) is 0. The van der Waals surface area contributed by atoms with Crippen molar-refractivity contribution < 1.29 is 5.11 Å². The summed E-state index contributed by atoms with van der Waals surface area (Å²) in [6, 6.07) is 0. The van der Waals surface area contributed by atoms with Crippen LogP contribution in [0.3, 0.4) is 0 Å². The van der Waals surface area contributed by atoms with Crippen LogP contribution in [0.5, 0.6) is 0 Å². The highest BCUT2D eigenvalue weighted by molar-refractivity contribution is 4.78. The second kappa shape index (κ2) is 6.62. The lowest BCUT2D eigenvalue weighted by Gasteiger charge is -2.20. The van der Waals surface area contributed by atoms with Gasteiger partial charge in [0.1, 0.15) is 6.10 Å². The summed E-state index contributed by atoms with van der Waals surface area (Å²) in [5.41, 5.74) is 0. The lowest BCUT2D eigenvalue weighted by Crippen LogP contribution is -2.28. The van der Waals surface area contributed by atoms with Crippen LogP contribution in [-0.2, 0) is 0 Å². The van der Waals surface area contributed by atoms with Gasteiger partial charge in [0.25, 0.3) is 0 Å². The van der Waals surface area contributed by atoms with Crippen LogP contribution in [0.1, 0.15) is 33.6 Å². The molecule has 0 saturated carbocycles. The molecular weight excluding hydrogens is 138 g/mol. The Morgan fingerprint density at radius 2 is 1.73 bits per heavy atom. The molecule has 1 radical (unpaired) electrons. The Bertz CT molecular complexity index is 81.6. The number of hydrogen-bond acceptors (Lipinski definition) is 2. The van der Waals surface area contributed by atoms with Gasteiger partial charge in [-0.15, -0.1) is 0 Å². The minimum atomic E-state index is 0.621. The van der Waals surface area contributed by atoms with Crippen LogP contribution in [0.25, 0.3) is 0 Å². The van der Waals surface area contributed by atoms with Crippen LogP contribution in [0.15, 0.2) is 0 Å². The van der Waals surface area contributed by atoms with Crippen molar-refractivity contribution in [1.82, 2.24) is 4.90 Å². The second-order valence-electron chi connectivity index (χ2n) is 2.78. The Hall–Kier alpha value is -0.0800. The molecule has 0 rings (SSSR count). The number of aliphatic hydroxyl groups excluding tert-OH is 1. The minimum Gasteiger partial charge on any atom is -0.385 e. The van der Waals surface area contributed by atoms with Crippen LogP contribution in [-0.4, -0.2) is 29.6 Å². The first kappa shape index (κ1) is 10.9. The molecule has 11 heavy (non-hydrogen) atoms. The molecule has 0 aliphatic heterocycles. The highest BCUT2D eigenvalue weighted by Crippen LogP contribution is 2.06. The van der Waals surface area contributed by atoms with E-state index in [4.69, 9.17) is 0 Å². The molecule has 0 heterocycles. The van der Waals surface area contributed by atoms with Gasteiger partial charge in [-0.05, 0) is 19.5 Å². The zero-order valence-corrected chi connectivity index (χ0v) is 7.93. The summed E-state index contributed by atoms with van der Waals surface area (Å²) in [4.78, 5) is 2.21. The fraction of sp³-hybridized carbons (Fsp3) is 0.889. The van der Waals surface area contributed by atoms with Gasteiger partial charge in [-0.25, -0.2) is 0 Å². The number of rotatable bonds is 6. The lowest BCUT2D eigenvalue weighted by atomic mass is 10.2. The quantitative estimate of drug-likeness (QED) is 0.639. The van der Waals surface area contributed by atoms with E-state index in [1.165, 1.54) is 0 Å². The van der Waals surface area contributed by atoms with Gasteiger partial charge in [0.05, 0.1) is 0 Å². The van der Waals surface area contributed by atoms with E-state index in [0.29, 0.717) is 6.10 Å². The molecule has 0 atom stereocenters. The molecule has 0 aromatic carbocycles. The first-order valence-electron chi connectivity index (χ1n) is 4.50. The van der Waals surface area contributed by atoms with Crippen molar-refractivity contribution in [3.05, 3.63) is 6.10 Å². The maximum Gasteiger partial charge on any atom is 0.107 e. The molecule has 0 saturated heterocycles. The van der Waals surface area contributed by atoms with Crippen molar-refractivity contribution in [2.75, 3.05) is 19.6 Å². The summed E-state index contributed by atoms with van der Waals surface area (Å²) >= 11 is 0. The molecule has 0 amide bonds. The molecule has 0 aliphatic rings. The SMILES string of the molecule is CCC[C](O)CN(CC)CC. The van der Waals surface area contributed by atoms with E-state index in [0.717, 1.165) is 32.5 Å². The summed E-state index contributed by atoms with van der Waals surface area (Å²) < 4.78 is 0. The van der Waals surface area contributed by atoms with Crippen molar-refractivity contribution in [3.63, 3.8) is 0 Å². The monoisotopic (exact) mass is 158 g/mol. The first-order valence-corrected chi connectivity index (χ1v) is 4.50. The predicted octanol–water partition coefficient (Wildman–Crippen LogP) is 2.03. The van der Waals surface area contributed by atoms with Gasteiger partial charge >= 0.3 is 0 Å². The number of likely N-dealkylation sites (N-methyl/N-ethyl adjacent to an activating group) is 1. The fourth-order valence-corrected chi connectivity index (χ4v) is 1.07. The average molecular weight is 158 g/mol. The number of nitrogens with zero attached hydrogens (tertiary/aromatic N) is 1. The van der Waals surface area contributed by atoms with Crippen LogP contribution >= 0.6 is 0 Å². The molecular formula is C9H20NO. The van der Waals surface area contributed by atoms with Gasteiger partial charge in [0.2, 0.25) is 0 Å². The van der Waals surface area contributed by atoms with Gasteiger partial charge in [0, 0.05) is 6.54 Å². The third kappa shape index (κ3) is 5.22. The Balaban J connectivity index is 3.44. The summed E-state index contributed by atoms with van der Waals surface area (Å²) in [6.45, 7) is 9.10. The molecule has 0 aliphatic carbocycles. The van der Waals surface area contributed by atoms with Crippen LogP contribution in [0, 0.1) is 6.10 Å². The normalized spacial score (nSPS) is 11.5. The lowest BCUT2D eigenvalue weighted by molar-refractivity contribution is 0.198. The molecule has 2 heteroatoms. The Morgan fingerprint density at radius 3 is 2.09 bits per heavy atom. The van der Waals surface area contributed by atoms with E-state index in [-0.39, 0.29) is 0 Å². The maximum absolute atomic E-state index is 9.36. The van der Waals surface area contributed by atoms with E-state index < -0.39 is 0 Å². The Labute approximate surface area is 70.2 Å². The smallest absolute Gasteiger partial charge is 0.107 e. The van der Waals surface area contributed by atoms with Crippen LogP contribution < -0.4 is 0 Å². The van der Waals surface area contributed by atoms with Gasteiger partial charge in [-0.1, -0.05) is 27.2 Å². The Kier molecular flexibility index (Phi) is 6.57. The molecule has 0 bridgehead atoms. The van der Waals surface area contributed by atoms with E-state index in [1.807, 2.05) is 0 Å². The van der Waals surface area contributed by atoms with Crippen LogP contribution in [0.4, 0.5) is 0 Å². The highest BCUT2D eigenvalue weighted by atomic mass is 16.3. The summed E-state index contributed by atoms with van der Waals surface area (Å²) in [5, 5.41) is 9.36. The topological polar surface area (TPSA) is 23.5 Å². The molecule has 0 fully saturated rings. The molecule has 0 unspecified atom stereocenters. The van der Waals surface area contributed by atoms with Gasteiger partial charge in [0.15, 0.2) is 0 Å². The highest BCUT2D eigenvalue weighted by Gasteiger charge is 2.07. The van der Waals surface area contributed by atoms with Gasteiger partial charge < -0.3 is 10.0 Å². The number of hydrogen-bond donors (Lipinski definition) is 1. The van der Waals surface area contributed by atoms with Crippen LogP contribution in [0.2, 0.25) is 0 Å². The van der Waals surface area contributed by atoms with Crippen molar-refractivity contribution in [1.29, 1.82) is 0 Å². The van der Waals surface area contributed by atoms with Crippen molar-refractivity contribution in [2.24, 2.45) is 0 Å². The van der Waals surface area contributed by atoms with Crippen molar-refractivity contribution >= 4 is 0 Å². The molecule has 67 valence electrons. The summed E-state index contributed by atoms with van der Waals surface area (Å²) in [7, 11) is 0. The molecule has 2 nitrogen and oxygen atoms in total. The predicted molar refractivity (Wildman–Crippen MR) is 47.9 cm³/mol. The van der Waals surface area contributed by atoms with Gasteiger partial charge in [-0.2, -0.15) is 0 Å². The Morgan fingerprint density at radius 1 is 1.18 bits per heavy atom. The fourth-order valence-electron chi connectivity index (χ4n) is 1.07. The average Bonchev–Trinajstić information content (AvgIpc) is 2.01. The standard InChI is InChI=1S/C9H20NO/c1-4-7-9(11)8-10(5-2)6-3/h11H,4-8H2,1-3H3. The first-order chi connectivity index (χ1) is 5.24. The molecule has 0 spiro atoms. The molecule has 1 N–H and O–H groups in total. The third-order valence-electron chi connectivity index (χ3n) is 1.84. The van der Waals surface area contributed by atoms with Crippen molar-refractivity contribution in [2.45, 2.75) is 33.6 Å². The largest absolute Gasteiger partial charge is 0.385 e. The third-order valence-corrected chi connectivity index (χ3v) is 1.84. The van der Waals surface area contributed by atoms with Crippen molar-refractivity contribution in [3.8, 4) is 0 Å². The zero-order chi connectivity index (χ0) is 8.69. The van der Waals surface area contributed by atoms with E-state index in [2.05, 4.69) is 25.7 Å². The second-order valence-corrected chi connectivity index (χ2v) is 2.78. The number of aliphatic hydroxyl groups is 1. The zero-order valence-electron chi connectivity index (χ0n) is 7.93.